The summed E-state index contributed by atoms with van der Waals surface area (Å²) >= 11 is 18.0. The molecule has 2 rings (SSSR count). The van der Waals surface area contributed by atoms with Crippen molar-refractivity contribution in [3.63, 3.8) is 0 Å². The summed E-state index contributed by atoms with van der Waals surface area (Å²) in [5.41, 5.74) is 1.54. The predicted molar refractivity (Wildman–Crippen MR) is 99.0 cm³/mol. The number of halogens is 5. The largest absolute Gasteiger partial charge is 0.306 e. The number of thiophene rings is 1. The van der Waals surface area contributed by atoms with E-state index in [4.69, 9.17) is 11.6 Å². The Morgan fingerprint density at radius 2 is 1.95 bits per heavy atom. The van der Waals surface area contributed by atoms with Crippen LogP contribution in [0.25, 0.3) is 0 Å². The Hall–Kier alpha value is 0.540. The van der Waals surface area contributed by atoms with Crippen molar-refractivity contribution in [1.82, 2.24) is 5.32 Å². The monoisotopic (exact) mass is 517 g/mol. The molecule has 1 nitrogen and oxygen atoms in total. The van der Waals surface area contributed by atoms with E-state index in [2.05, 4.69) is 60.0 Å². The summed E-state index contributed by atoms with van der Waals surface area (Å²) < 4.78 is 16.9. The van der Waals surface area contributed by atoms with Crippen LogP contribution in [0.4, 0.5) is 4.39 Å². The molecule has 1 N–H and O–H groups in total. The van der Waals surface area contributed by atoms with E-state index in [1.807, 2.05) is 6.07 Å². The normalized spacial score (nSPS) is 12.7. The summed E-state index contributed by atoms with van der Waals surface area (Å²) in [6.07, 6.45) is 0.964. The molecule has 0 saturated carbocycles. The summed E-state index contributed by atoms with van der Waals surface area (Å²) in [7, 11) is 0. The van der Waals surface area contributed by atoms with Gasteiger partial charge in [-0.1, -0.05) is 18.5 Å². The highest BCUT2D eigenvalue weighted by molar-refractivity contribution is 9.12. The first-order chi connectivity index (χ1) is 9.93. The van der Waals surface area contributed by atoms with Crippen LogP contribution in [0.2, 0.25) is 5.02 Å². The third-order valence-electron chi connectivity index (χ3n) is 2.94. The molecule has 0 aliphatic heterocycles. The standard InChI is InChI=1S/C14H12Br3ClFNS/c1-2-3-20-13(8-5-12(16)21-14(8)17)7-4-10(18)9(15)6-11(7)19/h4-6,13,20H,2-3H2,1H3. The Morgan fingerprint density at radius 3 is 2.52 bits per heavy atom. The molecule has 0 fully saturated rings. The number of hydrogen-bond donors (Lipinski definition) is 1. The molecule has 21 heavy (non-hydrogen) atoms. The minimum atomic E-state index is -0.283. The van der Waals surface area contributed by atoms with Gasteiger partial charge >= 0.3 is 0 Å². The van der Waals surface area contributed by atoms with Gasteiger partial charge in [0.25, 0.3) is 0 Å². The molecule has 0 spiro atoms. The van der Waals surface area contributed by atoms with Gasteiger partial charge in [0.2, 0.25) is 0 Å². The molecular weight excluding hydrogens is 508 g/mol. The maximum Gasteiger partial charge on any atom is 0.129 e. The first kappa shape index (κ1) is 17.9. The second kappa shape index (κ2) is 7.88. The minimum absolute atomic E-state index is 0.243. The lowest BCUT2D eigenvalue weighted by molar-refractivity contribution is 0.546. The van der Waals surface area contributed by atoms with Crippen LogP contribution < -0.4 is 5.32 Å². The molecule has 7 heteroatoms. The third-order valence-corrected chi connectivity index (χ3v) is 6.53. The summed E-state index contributed by atoms with van der Waals surface area (Å²) in [6, 6.07) is 4.84. The highest BCUT2D eigenvalue weighted by Gasteiger charge is 2.22. The minimum Gasteiger partial charge on any atom is -0.306 e. The van der Waals surface area contributed by atoms with Gasteiger partial charge in [0.05, 0.1) is 18.6 Å². The zero-order chi connectivity index (χ0) is 15.6. The van der Waals surface area contributed by atoms with Gasteiger partial charge in [-0.05, 0) is 84.5 Å². The van der Waals surface area contributed by atoms with Crippen molar-refractivity contribution in [3.8, 4) is 0 Å². The molecule has 1 unspecified atom stereocenters. The van der Waals surface area contributed by atoms with Crippen molar-refractivity contribution >= 4 is 70.7 Å². The van der Waals surface area contributed by atoms with E-state index in [0.29, 0.717) is 15.1 Å². The Balaban J connectivity index is 2.50. The van der Waals surface area contributed by atoms with Gasteiger partial charge in [-0.2, -0.15) is 0 Å². The molecule has 1 heterocycles. The van der Waals surface area contributed by atoms with Crippen LogP contribution >= 0.6 is 70.7 Å². The smallest absolute Gasteiger partial charge is 0.129 e. The fourth-order valence-electron chi connectivity index (χ4n) is 1.99. The molecule has 114 valence electrons. The van der Waals surface area contributed by atoms with E-state index < -0.39 is 0 Å². The van der Waals surface area contributed by atoms with Crippen molar-refractivity contribution in [2.24, 2.45) is 0 Å². The predicted octanol–water partition coefficient (Wildman–Crippen LogP) is 6.92. The maximum absolute atomic E-state index is 14.4. The molecular formula is C14H12Br3ClFNS. The Kier molecular flexibility index (Phi) is 6.71. The highest BCUT2D eigenvalue weighted by atomic mass is 79.9. The van der Waals surface area contributed by atoms with Crippen LogP contribution in [0.1, 0.15) is 30.5 Å². The van der Waals surface area contributed by atoms with Gasteiger partial charge in [-0.25, -0.2) is 4.39 Å². The SMILES string of the molecule is CCCNC(c1cc(Cl)c(Br)cc1F)c1cc(Br)sc1Br. The quantitative estimate of drug-likeness (QED) is 0.422. The Morgan fingerprint density at radius 1 is 1.24 bits per heavy atom. The average Bonchev–Trinajstić information content (AvgIpc) is 2.75. The van der Waals surface area contributed by atoms with Crippen molar-refractivity contribution in [2.45, 2.75) is 19.4 Å². The molecule has 0 saturated heterocycles. The summed E-state index contributed by atoms with van der Waals surface area (Å²) in [5, 5.41) is 3.89. The molecule has 0 bridgehead atoms. The first-order valence-electron chi connectivity index (χ1n) is 6.26. The molecule has 0 radical (unpaired) electrons. The van der Waals surface area contributed by atoms with Crippen LogP contribution in [0.5, 0.6) is 0 Å². The molecule has 0 amide bonds. The second-order valence-electron chi connectivity index (χ2n) is 4.45. The average molecular weight is 520 g/mol. The lowest BCUT2D eigenvalue weighted by Crippen LogP contribution is -2.24. The summed E-state index contributed by atoms with van der Waals surface area (Å²) in [5.74, 6) is -0.283. The van der Waals surface area contributed by atoms with E-state index in [-0.39, 0.29) is 11.9 Å². The Bertz CT molecular complexity index is 647. The van der Waals surface area contributed by atoms with E-state index >= 15 is 0 Å². The van der Waals surface area contributed by atoms with Gasteiger partial charge in [0.1, 0.15) is 5.82 Å². The van der Waals surface area contributed by atoms with Crippen LogP contribution in [0.3, 0.4) is 0 Å². The van der Waals surface area contributed by atoms with Gasteiger partial charge < -0.3 is 5.32 Å². The van der Waals surface area contributed by atoms with E-state index in [1.54, 1.807) is 17.4 Å². The van der Waals surface area contributed by atoms with Crippen LogP contribution in [-0.4, -0.2) is 6.54 Å². The second-order valence-corrected chi connectivity index (χ2v) is 9.47. The van der Waals surface area contributed by atoms with Crippen molar-refractivity contribution in [2.75, 3.05) is 6.54 Å². The van der Waals surface area contributed by atoms with E-state index in [1.165, 1.54) is 6.07 Å². The van der Waals surface area contributed by atoms with Gasteiger partial charge in [-0.15, -0.1) is 11.3 Å². The van der Waals surface area contributed by atoms with E-state index in [0.717, 1.165) is 26.1 Å². The Labute approximate surface area is 157 Å². The third kappa shape index (κ3) is 4.30. The fraction of sp³-hybridized carbons (Fsp3) is 0.286. The van der Waals surface area contributed by atoms with Crippen LogP contribution in [0.15, 0.2) is 30.2 Å². The van der Waals surface area contributed by atoms with Gasteiger partial charge in [-0.3, -0.25) is 0 Å². The topological polar surface area (TPSA) is 12.0 Å². The van der Waals surface area contributed by atoms with Gasteiger partial charge in [0, 0.05) is 10.0 Å². The van der Waals surface area contributed by atoms with E-state index in [9.17, 15) is 4.39 Å². The number of rotatable bonds is 5. The summed E-state index contributed by atoms with van der Waals surface area (Å²) in [4.78, 5) is 0. The molecule has 0 aliphatic carbocycles. The molecule has 1 aromatic carbocycles. The molecule has 0 aliphatic rings. The zero-order valence-electron chi connectivity index (χ0n) is 11.0. The lowest BCUT2D eigenvalue weighted by atomic mass is 10.0. The van der Waals surface area contributed by atoms with Crippen molar-refractivity contribution < 1.29 is 4.39 Å². The fourth-order valence-corrected chi connectivity index (χ4v) is 5.37. The molecule has 1 aromatic heterocycles. The first-order valence-corrected chi connectivity index (χ1v) is 9.84. The molecule has 2 aromatic rings. The zero-order valence-corrected chi connectivity index (χ0v) is 17.4. The van der Waals surface area contributed by atoms with Crippen molar-refractivity contribution in [1.29, 1.82) is 0 Å². The number of hydrogen-bond acceptors (Lipinski definition) is 2. The lowest BCUT2D eigenvalue weighted by Gasteiger charge is -2.20. The van der Waals surface area contributed by atoms with Crippen LogP contribution in [0, 0.1) is 5.82 Å². The van der Waals surface area contributed by atoms with Crippen LogP contribution in [-0.2, 0) is 0 Å². The molecule has 1 atom stereocenters. The van der Waals surface area contributed by atoms with Crippen molar-refractivity contribution in [3.05, 3.63) is 52.2 Å². The van der Waals surface area contributed by atoms with Gasteiger partial charge in [0.15, 0.2) is 0 Å². The summed E-state index contributed by atoms with van der Waals surface area (Å²) in [6.45, 7) is 2.87. The maximum atomic E-state index is 14.4. The highest BCUT2D eigenvalue weighted by Crippen LogP contribution is 2.39. The number of benzene rings is 1. The number of nitrogens with one attached hydrogen (secondary N) is 1.